The Morgan fingerprint density at radius 2 is 2.05 bits per heavy atom. The summed E-state index contributed by atoms with van der Waals surface area (Å²) in [4.78, 5) is 0. The highest BCUT2D eigenvalue weighted by atomic mass is 32.1. The molecule has 2 aromatic rings. The van der Waals surface area contributed by atoms with Crippen molar-refractivity contribution in [2.75, 3.05) is 11.9 Å². The molecule has 0 saturated heterocycles. The van der Waals surface area contributed by atoms with E-state index >= 15 is 0 Å². The molecule has 0 radical (unpaired) electrons. The van der Waals surface area contributed by atoms with Crippen LogP contribution < -0.4 is 20.6 Å². The Kier molecular flexibility index (Phi) is 5.73. The SMILES string of the molecule is CCOc1cc(/C=[NH+]/NC(=S)Nc2ccccc2)ccc1O. The molecule has 0 aliphatic heterocycles. The van der Waals surface area contributed by atoms with E-state index in [4.69, 9.17) is 17.0 Å². The molecule has 4 N–H and O–H groups in total. The van der Waals surface area contributed by atoms with Gasteiger partial charge in [0.15, 0.2) is 17.7 Å². The summed E-state index contributed by atoms with van der Waals surface area (Å²) in [7, 11) is 0. The van der Waals surface area contributed by atoms with Gasteiger partial charge in [0, 0.05) is 11.3 Å². The van der Waals surface area contributed by atoms with Crippen LogP contribution in [0.1, 0.15) is 12.5 Å². The van der Waals surface area contributed by atoms with Crippen LogP contribution in [0.3, 0.4) is 0 Å². The summed E-state index contributed by atoms with van der Waals surface area (Å²) in [6, 6.07) is 14.7. The molecule has 2 aromatic carbocycles. The van der Waals surface area contributed by atoms with Gasteiger partial charge in [0.25, 0.3) is 0 Å². The number of hydrogen-bond acceptors (Lipinski definition) is 3. The molecule has 6 heteroatoms. The van der Waals surface area contributed by atoms with Gasteiger partial charge in [-0.1, -0.05) is 18.2 Å². The predicted octanol–water partition coefficient (Wildman–Crippen LogP) is 1.19. The third-order valence-corrected chi connectivity index (χ3v) is 2.94. The molecule has 0 heterocycles. The van der Waals surface area contributed by atoms with Gasteiger partial charge >= 0.3 is 0 Å². The average molecular weight is 316 g/mol. The second-order valence-electron chi connectivity index (χ2n) is 4.39. The fourth-order valence-electron chi connectivity index (χ4n) is 1.76. The number of thiocarbonyl (C=S) groups is 1. The van der Waals surface area contributed by atoms with Crippen molar-refractivity contribution in [3.63, 3.8) is 0 Å². The monoisotopic (exact) mass is 316 g/mol. The number of phenolic OH excluding ortho intramolecular Hbond substituents is 1. The normalized spacial score (nSPS) is 10.4. The molecule has 0 fully saturated rings. The highest BCUT2D eigenvalue weighted by molar-refractivity contribution is 7.80. The number of hydrazone groups is 1. The molecule has 0 amide bonds. The molecule has 0 aromatic heterocycles. The summed E-state index contributed by atoms with van der Waals surface area (Å²) in [6.07, 6.45) is 1.72. The second-order valence-corrected chi connectivity index (χ2v) is 4.80. The Balaban J connectivity index is 1.92. The number of hydrazine groups is 1. The lowest BCUT2D eigenvalue weighted by molar-refractivity contribution is -0.499. The number of phenols is 1. The second kappa shape index (κ2) is 7.99. The van der Waals surface area contributed by atoms with Crippen LogP contribution in [0, 0.1) is 0 Å². The lowest BCUT2D eigenvalue weighted by Crippen LogP contribution is -2.82. The van der Waals surface area contributed by atoms with Crippen LogP contribution in [-0.4, -0.2) is 23.0 Å². The Labute approximate surface area is 134 Å². The van der Waals surface area contributed by atoms with Gasteiger partial charge in [-0.05, 0) is 49.5 Å². The summed E-state index contributed by atoms with van der Waals surface area (Å²) in [5, 5.41) is 16.0. The van der Waals surface area contributed by atoms with Gasteiger partial charge < -0.3 is 15.2 Å². The zero-order chi connectivity index (χ0) is 15.8. The van der Waals surface area contributed by atoms with Crippen LogP contribution in [0.25, 0.3) is 0 Å². The number of anilines is 1. The molecule has 0 aliphatic carbocycles. The van der Waals surface area contributed by atoms with Gasteiger partial charge in [-0.15, -0.1) is 10.5 Å². The molecule has 0 saturated carbocycles. The van der Waals surface area contributed by atoms with E-state index in [9.17, 15) is 5.11 Å². The van der Waals surface area contributed by atoms with Crippen molar-refractivity contribution in [1.29, 1.82) is 0 Å². The maximum Gasteiger partial charge on any atom is 0.228 e. The minimum absolute atomic E-state index is 0.119. The molecular weight excluding hydrogens is 298 g/mol. The maximum absolute atomic E-state index is 9.64. The zero-order valence-corrected chi connectivity index (χ0v) is 13.0. The van der Waals surface area contributed by atoms with Crippen LogP contribution in [0.15, 0.2) is 48.5 Å². The van der Waals surface area contributed by atoms with Gasteiger partial charge in [0.05, 0.1) is 6.61 Å². The first-order valence-electron chi connectivity index (χ1n) is 6.85. The third kappa shape index (κ3) is 4.75. The van der Waals surface area contributed by atoms with Crippen LogP contribution >= 0.6 is 12.2 Å². The number of nitrogens with one attached hydrogen (secondary N) is 3. The molecule has 0 atom stereocenters. The molecule has 0 bridgehead atoms. The van der Waals surface area contributed by atoms with E-state index in [1.807, 2.05) is 37.3 Å². The smallest absolute Gasteiger partial charge is 0.228 e. The predicted molar refractivity (Wildman–Crippen MR) is 91.2 cm³/mol. The summed E-state index contributed by atoms with van der Waals surface area (Å²) in [5.41, 5.74) is 4.61. The highest BCUT2D eigenvalue weighted by Crippen LogP contribution is 2.25. The fourth-order valence-corrected chi connectivity index (χ4v) is 1.94. The van der Waals surface area contributed by atoms with E-state index in [1.165, 1.54) is 0 Å². The van der Waals surface area contributed by atoms with E-state index in [-0.39, 0.29) is 5.75 Å². The van der Waals surface area contributed by atoms with Crippen molar-refractivity contribution in [2.24, 2.45) is 0 Å². The molecule has 0 unspecified atom stereocenters. The van der Waals surface area contributed by atoms with Crippen molar-refractivity contribution in [1.82, 2.24) is 5.43 Å². The third-order valence-electron chi connectivity index (χ3n) is 2.74. The van der Waals surface area contributed by atoms with Gasteiger partial charge in [0.2, 0.25) is 5.11 Å². The van der Waals surface area contributed by atoms with E-state index < -0.39 is 0 Å². The fraction of sp³-hybridized carbons (Fsp3) is 0.125. The first-order chi connectivity index (χ1) is 10.7. The van der Waals surface area contributed by atoms with Crippen molar-refractivity contribution in [2.45, 2.75) is 6.92 Å². The van der Waals surface area contributed by atoms with Crippen molar-refractivity contribution in [3.05, 3.63) is 54.1 Å². The molecule has 22 heavy (non-hydrogen) atoms. The Bertz CT molecular complexity index is 660. The summed E-state index contributed by atoms with van der Waals surface area (Å²) in [5.74, 6) is 0.566. The van der Waals surface area contributed by atoms with Gasteiger partial charge in [-0.3, -0.25) is 0 Å². The Morgan fingerprint density at radius 1 is 1.27 bits per heavy atom. The summed E-state index contributed by atoms with van der Waals surface area (Å²) in [6.45, 7) is 2.36. The van der Waals surface area contributed by atoms with Crippen LogP contribution in [0.2, 0.25) is 0 Å². The molecule has 5 nitrogen and oxygen atoms in total. The van der Waals surface area contributed by atoms with Gasteiger partial charge in [0.1, 0.15) is 0 Å². The molecule has 114 valence electrons. The number of benzene rings is 2. The lowest BCUT2D eigenvalue weighted by atomic mass is 10.2. The number of ether oxygens (including phenoxy) is 1. The van der Waals surface area contributed by atoms with E-state index in [1.54, 1.807) is 24.4 Å². The average Bonchev–Trinajstić information content (AvgIpc) is 2.51. The number of aromatic hydroxyl groups is 1. The van der Waals surface area contributed by atoms with Crippen molar-refractivity contribution < 1.29 is 14.9 Å². The summed E-state index contributed by atoms with van der Waals surface area (Å²) < 4.78 is 5.33. The van der Waals surface area contributed by atoms with E-state index in [0.29, 0.717) is 17.5 Å². The Hall–Kier alpha value is -2.60. The molecule has 0 spiro atoms. The zero-order valence-electron chi connectivity index (χ0n) is 12.2. The van der Waals surface area contributed by atoms with E-state index in [2.05, 4.69) is 15.8 Å². The first-order valence-corrected chi connectivity index (χ1v) is 7.26. The number of rotatable bonds is 5. The van der Waals surface area contributed by atoms with Crippen molar-refractivity contribution >= 4 is 29.2 Å². The lowest BCUT2D eigenvalue weighted by Gasteiger charge is -2.05. The standard InChI is InChI=1S/C16H17N3O2S/c1-2-21-15-10-12(8-9-14(15)20)11-17-19-16(22)18-13-6-4-3-5-7-13/h3-11,20H,2H2,1H3,(H2,18,19,22)/p+1/b17-11+. The molecular formula is C16H18N3O2S+. The van der Waals surface area contributed by atoms with Gasteiger partial charge in [-0.25, -0.2) is 0 Å². The summed E-state index contributed by atoms with van der Waals surface area (Å²) >= 11 is 5.17. The number of hydrogen-bond donors (Lipinski definition) is 4. The largest absolute Gasteiger partial charge is 0.504 e. The topological polar surface area (TPSA) is 67.5 Å². The van der Waals surface area contributed by atoms with Gasteiger partial charge in [-0.2, -0.15) is 0 Å². The van der Waals surface area contributed by atoms with Crippen LogP contribution in [0.5, 0.6) is 11.5 Å². The quantitative estimate of drug-likeness (QED) is 0.379. The highest BCUT2D eigenvalue weighted by Gasteiger charge is 2.04. The number of para-hydroxylation sites is 1. The van der Waals surface area contributed by atoms with Crippen molar-refractivity contribution in [3.8, 4) is 11.5 Å². The minimum Gasteiger partial charge on any atom is -0.504 e. The molecule has 0 aliphatic rings. The minimum atomic E-state index is 0.119. The maximum atomic E-state index is 9.64. The van der Waals surface area contributed by atoms with E-state index in [0.717, 1.165) is 11.3 Å². The van der Waals surface area contributed by atoms with Crippen LogP contribution in [-0.2, 0) is 0 Å². The van der Waals surface area contributed by atoms with Crippen LogP contribution in [0.4, 0.5) is 5.69 Å². The Morgan fingerprint density at radius 3 is 2.77 bits per heavy atom. The first kappa shape index (κ1) is 15.8. The molecule has 2 rings (SSSR count).